The summed E-state index contributed by atoms with van der Waals surface area (Å²) in [6.45, 7) is 3.24. The second-order valence-corrected chi connectivity index (χ2v) is 9.99. The van der Waals surface area contributed by atoms with Crippen LogP contribution in [0.1, 0.15) is 33.1 Å². The Hall–Kier alpha value is -3.20. The molecule has 7 nitrogen and oxygen atoms in total. The zero-order valence-corrected chi connectivity index (χ0v) is 20.0. The van der Waals surface area contributed by atoms with Crippen LogP contribution < -0.4 is 10.1 Å². The van der Waals surface area contributed by atoms with Crippen LogP contribution in [0.5, 0.6) is 5.75 Å². The largest absolute Gasteiger partial charge is 0.496 e. The molecule has 1 fully saturated rings. The maximum atomic E-state index is 13.5. The number of amides is 1. The van der Waals surface area contributed by atoms with E-state index in [1.807, 2.05) is 61.5 Å². The molecule has 1 heterocycles. The Morgan fingerprint density at radius 1 is 1.00 bits per heavy atom. The average Bonchev–Trinajstić information content (AvgIpc) is 2.88. The molecule has 0 spiro atoms. The van der Waals surface area contributed by atoms with E-state index >= 15 is 0 Å². The lowest BCUT2D eigenvalue weighted by Crippen LogP contribution is -2.40. The fourth-order valence-corrected chi connectivity index (χ4v) is 5.50. The second-order valence-electron chi connectivity index (χ2n) is 8.05. The van der Waals surface area contributed by atoms with Crippen LogP contribution in [-0.2, 0) is 14.8 Å². The van der Waals surface area contributed by atoms with Crippen LogP contribution >= 0.6 is 0 Å². The second kappa shape index (κ2) is 10.4. The first-order chi connectivity index (χ1) is 16.4. The Morgan fingerprint density at radius 2 is 1.68 bits per heavy atom. The summed E-state index contributed by atoms with van der Waals surface area (Å²) in [4.78, 5) is 13.6. The molecule has 1 atom stereocenters. The normalized spacial score (nSPS) is 15.5. The van der Waals surface area contributed by atoms with E-state index in [1.54, 1.807) is 0 Å². The van der Waals surface area contributed by atoms with Gasteiger partial charge in [0, 0.05) is 13.1 Å². The lowest BCUT2D eigenvalue weighted by molar-refractivity contribution is 0.0730. The summed E-state index contributed by atoms with van der Waals surface area (Å²) < 4.78 is 38.4. The molecule has 1 saturated heterocycles. The van der Waals surface area contributed by atoms with Gasteiger partial charge < -0.3 is 14.8 Å². The highest BCUT2D eigenvalue weighted by Gasteiger charge is 2.29. The van der Waals surface area contributed by atoms with Gasteiger partial charge >= 0.3 is 0 Å². The van der Waals surface area contributed by atoms with Gasteiger partial charge in [-0.05, 0) is 41.8 Å². The molecule has 0 aromatic heterocycles. The van der Waals surface area contributed by atoms with Gasteiger partial charge in [-0.3, -0.25) is 4.79 Å². The number of nitrogens with one attached hydrogen (secondary N) is 1. The number of rotatable bonds is 7. The highest BCUT2D eigenvalue weighted by molar-refractivity contribution is 7.89. The number of benzene rings is 3. The quantitative estimate of drug-likeness (QED) is 0.559. The van der Waals surface area contributed by atoms with E-state index in [9.17, 15) is 13.2 Å². The fourth-order valence-electron chi connectivity index (χ4n) is 4.07. The van der Waals surface area contributed by atoms with Crippen LogP contribution in [0.4, 0.5) is 0 Å². The van der Waals surface area contributed by atoms with Gasteiger partial charge in [0.1, 0.15) is 5.75 Å². The van der Waals surface area contributed by atoms with Crippen molar-refractivity contribution >= 4 is 15.9 Å². The third-order valence-electron chi connectivity index (χ3n) is 5.93. The Bertz CT molecular complexity index is 1260. The number of carbonyl (C=O) groups is 1. The number of nitrogens with zero attached hydrogens (tertiary/aromatic N) is 1. The third-order valence-corrected chi connectivity index (χ3v) is 7.83. The monoisotopic (exact) mass is 480 g/mol. The summed E-state index contributed by atoms with van der Waals surface area (Å²) in [7, 11) is -2.31. The molecule has 0 radical (unpaired) electrons. The van der Waals surface area contributed by atoms with E-state index in [1.165, 1.54) is 29.6 Å². The van der Waals surface area contributed by atoms with Gasteiger partial charge in [0.2, 0.25) is 10.0 Å². The summed E-state index contributed by atoms with van der Waals surface area (Å²) in [6, 6.07) is 21.5. The highest BCUT2D eigenvalue weighted by atomic mass is 32.2. The molecule has 8 heteroatoms. The number of ether oxygens (including phenoxy) is 2. The van der Waals surface area contributed by atoms with Crippen molar-refractivity contribution in [3.63, 3.8) is 0 Å². The molecule has 34 heavy (non-hydrogen) atoms. The molecule has 178 valence electrons. The summed E-state index contributed by atoms with van der Waals surface area (Å²) in [5, 5.41) is 3.09. The van der Waals surface area contributed by atoms with Crippen LogP contribution in [0.15, 0.2) is 77.7 Å². The predicted molar refractivity (Wildman–Crippen MR) is 130 cm³/mol. The lowest BCUT2D eigenvalue weighted by Gasteiger charge is -2.26. The zero-order valence-electron chi connectivity index (χ0n) is 19.2. The van der Waals surface area contributed by atoms with Gasteiger partial charge in [-0.15, -0.1) is 0 Å². The molecule has 0 aliphatic carbocycles. The van der Waals surface area contributed by atoms with Gasteiger partial charge in [0.25, 0.3) is 5.91 Å². The molecular weight excluding hydrogens is 452 g/mol. The minimum atomic E-state index is -3.76. The number of morpholine rings is 1. The smallest absolute Gasteiger partial charge is 0.255 e. The Labute approximate surface area is 200 Å². The third kappa shape index (κ3) is 4.99. The number of carbonyl (C=O) groups excluding carboxylic acids is 1. The van der Waals surface area contributed by atoms with Crippen LogP contribution in [0.25, 0.3) is 0 Å². The molecule has 1 N–H and O–H groups in total. The molecule has 0 saturated carbocycles. The minimum absolute atomic E-state index is 0.0486. The minimum Gasteiger partial charge on any atom is -0.496 e. The number of hydrogen-bond acceptors (Lipinski definition) is 5. The van der Waals surface area contributed by atoms with Crippen LogP contribution in [0, 0.1) is 6.92 Å². The van der Waals surface area contributed by atoms with Crippen molar-refractivity contribution in [2.45, 2.75) is 17.9 Å². The van der Waals surface area contributed by atoms with Gasteiger partial charge in [0.05, 0.1) is 36.8 Å². The van der Waals surface area contributed by atoms with Crippen molar-refractivity contribution in [1.29, 1.82) is 0 Å². The molecule has 3 aromatic carbocycles. The van der Waals surface area contributed by atoms with Gasteiger partial charge in [-0.1, -0.05) is 54.6 Å². The summed E-state index contributed by atoms with van der Waals surface area (Å²) in [5.41, 5.74) is 3.07. The Kier molecular flexibility index (Phi) is 7.31. The Morgan fingerprint density at radius 3 is 2.35 bits per heavy atom. The molecule has 1 amide bonds. The molecule has 1 aliphatic rings. The van der Waals surface area contributed by atoms with Gasteiger partial charge in [-0.25, -0.2) is 8.42 Å². The van der Waals surface area contributed by atoms with Crippen molar-refractivity contribution in [2.75, 3.05) is 33.4 Å². The van der Waals surface area contributed by atoms with Crippen molar-refractivity contribution in [1.82, 2.24) is 9.62 Å². The van der Waals surface area contributed by atoms with Crippen LogP contribution in [-0.4, -0.2) is 52.0 Å². The topological polar surface area (TPSA) is 84.9 Å². The number of methoxy groups -OCH3 is 1. The highest BCUT2D eigenvalue weighted by Crippen LogP contribution is 2.29. The summed E-state index contributed by atoms with van der Waals surface area (Å²) in [5.74, 6) is -0.122. The fraction of sp³-hybridized carbons (Fsp3) is 0.269. The first-order valence-corrected chi connectivity index (χ1v) is 12.5. The molecule has 1 aliphatic heterocycles. The number of hydrogen-bond donors (Lipinski definition) is 1. The lowest BCUT2D eigenvalue weighted by atomic mass is 9.94. The maximum absolute atomic E-state index is 13.5. The standard InChI is InChI=1S/C26H28N2O5S/c1-19-8-6-7-11-22(19)25(20-9-4-3-5-10-20)27-26(29)23-18-21(12-13-24(23)32-2)34(30,31)28-14-16-33-17-15-28/h3-13,18,25H,14-17H2,1-2H3,(H,27,29)/t25-/m0/s1. The van der Waals surface area contributed by atoms with Crippen molar-refractivity contribution < 1.29 is 22.7 Å². The van der Waals surface area contributed by atoms with E-state index in [0.29, 0.717) is 19.0 Å². The van der Waals surface area contributed by atoms with E-state index in [4.69, 9.17) is 9.47 Å². The molecular formula is C26H28N2O5S. The Balaban J connectivity index is 1.71. The summed E-state index contributed by atoms with van der Waals surface area (Å²) in [6.07, 6.45) is 0. The van der Waals surface area contributed by atoms with Crippen LogP contribution in [0.3, 0.4) is 0 Å². The van der Waals surface area contributed by atoms with Gasteiger partial charge in [-0.2, -0.15) is 4.31 Å². The molecule has 3 aromatic rings. The van der Waals surface area contributed by atoms with Crippen LogP contribution in [0.2, 0.25) is 0 Å². The van der Waals surface area contributed by atoms with Gasteiger partial charge in [0.15, 0.2) is 0 Å². The zero-order chi connectivity index (χ0) is 24.1. The van der Waals surface area contributed by atoms with Crippen molar-refractivity contribution in [2.24, 2.45) is 0 Å². The maximum Gasteiger partial charge on any atom is 0.255 e. The first-order valence-electron chi connectivity index (χ1n) is 11.1. The van der Waals surface area contributed by atoms with E-state index < -0.39 is 22.0 Å². The average molecular weight is 481 g/mol. The van der Waals surface area contributed by atoms with Crippen molar-refractivity contribution in [3.8, 4) is 5.75 Å². The summed E-state index contributed by atoms with van der Waals surface area (Å²) >= 11 is 0. The van der Waals surface area contributed by atoms with E-state index in [-0.39, 0.29) is 23.5 Å². The number of aryl methyl sites for hydroxylation is 1. The first kappa shape index (κ1) is 23.9. The predicted octanol–water partition coefficient (Wildman–Crippen LogP) is 3.54. The molecule has 4 rings (SSSR count). The molecule has 0 unspecified atom stereocenters. The van der Waals surface area contributed by atoms with E-state index in [0.717, 1.165) is 16.7 Å². The van der Waals surface area contributed by atoms with Crippen molar-refractivity contribution in [3.05, 3.63) is 95.1 Å². The molecule has 0 bridgehead atoms. The SMILES string of the molecule is COc1ccc(S(=O)(=O)N2CCOCC2)cc1C(=O)N[C@@H](c1ccccc1)c1ccccc1C. The number of sulfonamides is 1. The van der Waals surface area contributed by atoms with E-state index in [2.05, 4.69) is 5.32 Å².